The molecular weight excluding hydrogens is 500 g/mol. The molecule has 0 aliphatic carbocycles. The van der Waals surface area contributed by atoms with Crippen LogP contribution in [0, 0.1) is 0 Å². The maximum absolute atomic E-state index is 13.0. The van der Waals surface area contributed by atoms with Crippen LogP contribution in [-0.4, -0.2) is 54.5 Å². The van der Waals surface area contributed by atoms with E-state index in [4.69, 9.17) is 9.47 Å². The molecule has 4 rings (SSSR count). The van der Waals surface area contributed by atoms with Crippen LogP contribution in [0.1, 0.15) is 28.5 Å². The summed E-state index contributed by atoms with van der Waals surface area (Å²) in [7, 11) is 1.74. The maximum atomic E-state index is 13.0. The fourth-order valence-corrected chi connectivity index (χ4v) is 4.21. The Morgan fingerprint density at radius 1 is 1.26 bits per heavy atom. The Bertz CT molecular complexity index is 1160. The number of anilines is 1. The number of rotatable bonds is 8. The summed E-state index contributed by atoms with van der Waals surface area (Å²) in [5.41, 5.74) is 2.88. The van der Waals surface area contributed by atoms with Crippen molar-refractivity contribution < 1.29 is 19.1 Å². The van der Waals surface area contributed by atoms with E-state index in [0.717, 1.165) is 21.3 Å². The lowest BCUT2D eigenvalue weighted by molar-refractivity contribution is -0.120. The summed E-state index contributed by atoms with van der Waals surface area (Å²) in [5.74, 6) is 0.131. The van der Waals surface area contributed by atoms with E-state index < -0.39 is 12.0 Å². The molecule has 8 nitrogen and oxygen atoms in total. The van der Waals surface area contributed by atoms with Gasteiger partial charge in [-0.1, -0.05) is 46.3 Å². The van der Waals surface area contributed by atoms with Gasteiger partial charge in [0.1, 0.15) is 18.4 Å². The summed E-state index contributed by atoms with van der Waals surface area (Å²) < 4.78 is 13.7. The number of hydrogen-bond donors (Lipinski definition) is 1. The standard InChI is InChI=1S/C25H27BrN4O4/c1-3-33-25(32)23-18(15-30(28-23)14-17-7-5-4-6-8-17)11-12-27-20-16-34-22-13-19(26)9-10-21(22)29(2)24(20)31/h4-10,13,15,20,27H,3,11-12,14,16H2,1-2H3/t20-/m0/s1. The van der Waals surface area contributed by atoms with Gasteiger partial charge in [-0.3, -0.25) is 9.48 Å². The van der Waals surface area contributed by atoms with Gasteiger partial charge in [-0.25, -0.2) is 4.79 Å². The number of likely N-dealkylation sites (N-methyl/N-ethyl adjacent to an activating group) is 1. The molecule has 0 spiro atoms. The van der Waals surface area contributed by atoms with Crippen molar-refractivity contribution in [2.24, 2.45) is 0 Å². The quantitative estimate of drug-likeness (QED) is 0.452. The molecule has 34 heavy (non-hydrogen) atoms. The molecule has 178 valence electrons. The molecule has 9 heteroatoms. The zero-order chi connectivity index (χ0) is 24.1. The van der Waals surface area contributed by atoms with Crippen molar-refractivity contribution in [3.63, 3.8) is 0 Å². The second kappa shape index (κ2) is 10.8. The van der Waals surface area contributed by atoms with Crippen molar-refractivity contribution in [1.82, 2.24) is 15.1 Å². The van der Waals surface area contributed by atoms with E-state index in [-0.39, 0.29) is 19.1 Å². The number of ether oxygens (including phenoxy) is 2. The second-order valence-electron chi connectivity index (χ2n) is 7.98. The largest absolute Gasteiger partial charge is 0.489 e. The lowest BCUT2D eigenvalue weighted by Gasteiger charge is -2.20. The lowest BCUT2D eigenvalue weighted by Crippen LogP contribution is -2.47. The van der Waals surface area contributed by atoms with Crippen LogP contribution < -0.4 is 15.0 Å². The minimum absolute atomic E-state index is 0.0774. The number of halogens is 1. The predicted molar refractivity (Wildman–Crippen MR) is 132 cm³/mol. The number of hydrogen-bond acceptors (Lipinski definition) is 6. The second-order valence-corrected chi connectivity index (χ2v) is 8.90. The Morgan fingerprint density at radius 3 is 2.82 bits per heavy atom. The molecule has 0 saturated carbocycles. The Hall–Kier alpha value is -3.17. The summed E-state index contributed by atoms with van der Waals surface area (Å²) in [5, 5.41) is 7.76. The normalized spacial score (nSPS) is 15.4. The Balaban J connectivity index is 1.44. The molecule has 1 amide bonds. The first-order valence-electron chi connectivity index (χ1n) is 11.2. The van der Waals surface area contributed by atoms with E-state index in [1.54, 1.807) is 23.6 Å². The van der Waals surface area contributed by atoms with Gasteiger partial charge in [0.2, 0.25) is 5.91 Å². The van der Waals surface area contributed by atoms with Crippen LogP contribution >= 0.6 is 15.9 Å². The molecule has 3 aromatic rings. The number of nitrogens with one attached hydrogen (secondary N) is 1. The van der Waals surface area contributed by atoms with Crippen molar-refractivity contribution in [3.05, 3.63) is 76.0 Å². The monoisotopic (exact) mass is 526 g/mol. The molecule has 1 aliphatic rings. The SMILES string of the molecule is CCOC(=O)c1nn(Cc2ccccc2)cc1CCN[C@H]1COc2cc(Br)ccc2N(C)C1=O. The molecule has 0 unspecified atom stereocenters. The van der Waals surface area contributed by atoms with Gasteiger partial charge in [-0.2, -0.15) is 5.10 Å². The van der Waals surface area contributed by atoms with E-state index >= 15 is 0 Å². The summed E-state index contributed by atoms with van der Waals surface area (Å²) in [4.78, 5) is 27.1. The van der Waals surface area contributed by atoms with Gasteiger partial charge in [0.15, 0.2) is 5.69 Å². The molecule has 1 aliphatic heterocycles. The van der Waals surface area contributed by atoms with Crippen molar-refractivity contribution >= 4 is 33.5 Å². The smallest absolute Gasteiger partial charge is 0.359 e. The minimum atomic E-state index is -0.512. The van der Waals surface area contributed by atoms with Crippen LogP contribution in [0.2, 0.25) is 0 Å². The molecular formula is C25H27BrN4O4. The van der Waals surface area contributed by atoms with Crippen LogP contribution in [0.4, 0.5) is 5.69 Å². The molecule has 0 radical (unpaired) electrons. The predicted octanol–water partition coefficient (Wildman–Crippen LogP) is 3.43. The van der Waals surface area contributed by atoms with Crippen molar-refractivity contribution in [2.75, 3.05) is 31.7 Å². The topological polar surface area (TPSA) is 85.7 Å². The fourth-order valence-electron chi connectivity index (χ4n) is 3.87. The molecule has 1 N–H and O–H groups in total. The van der Waals surface area contributed by atoms with E-state index in [1.165, 1.54) is 0 Å². The van der Waals surface area contributed by atoms with Crippen molar-refractivity contribution in [3.8, 4) is 5.75 Å². The first-order valence-corrected chi connectivity index (χ1v) is 12.0. The molecule has 1 aromatic heterocycles. The number of esters is 1. The lowest BCUT2D eigenvalue weighted by atomic mass is 10.1. The molecule has 0 saturated heterocycles. The van der Waals surface area contributed by atoms with E-state index in [0.29, 0.717) is 31.0 Å². The van der Waals surface area contributed by atoms with Crippen molar-refractivity contribution in [1.29, 1.82) is 0 Å². The highest BCUT2D eigenvalue weighted by Gasteiger charge is 2.29. The highest BCUT2D eigenvalue weighted by molar-refractivity contribution is 9.10. The third-order valence-corrected chi connectivity index (χ3v) is 6.09. The van der Waals surface area contributed by atoms with Crippen LogP contribution in [-0.2, 0) is 22.5 Å². The zero-order valence-electron chi connectivity index (χ0n) is 19.2. The van der Waals surface area contributed by atoms with E-state index in [1.807, 2.05) is 54.7 Å². The van der Waals surface area contributed by atoms with Crippen LogP contribution in [0.15, 0.2) is 59.2 Å². The highest BCUT2D eigenvalue weighted by Crippen LogP contribution is 2.33. The van der Waals surface area contributed by atoms with Gasteiger partial charge in [0, 0.05) is 29.8 Å². The Morgan fingerprint density at radius 2 is 2.06 bits per heavy atom. The Labute approximate surface area is 207 Å². The molecule has 1 atom stereocenters. The number of benzene rings is 2. The van der Waals surface area contributed by atoms with Gasteiger partial charge in [0.25, 0.3) is 0 Å². The summed E-state index contributed by atoms with van der Waals surface area (Å²) in [6, 6.07) is 15.0. The third-order valence-electron chi connectivity index (χ3n) is 5.60. The molecule has 0 bridgehead atoms. The first kappa shape index (κ1) is 24.0. The van der Waals surface area contributed by atoms with Crippen LogP contribution in [0.5, 0.6) is 5.75 Å². The number of fused-ring (bicyclic) bond motifs is 1. The van der Waals surface area contributed by atoms with Crippen LogP contribution in [0.25, 0.3) is 0 Å². The zero-order valence-corrected chi connectivity index (χ0v) is 20.7. The third kappa shape index (κ3) is 5.48. The Kier molecular flexibility index (Phi) is 7.64. The van der Waals surface area contributed by atoms with E-state index in [9.17, 15) is 9.59 Å². The summed E-state index contributed by atoms with van der Waals surface area (Å²) >= 11 is 3.44. The molecule has 2 aromatic carbocycles. The van der Waals surface area contributed by atoms with Crippen LogP contribution in [0.3, 0.4) is 0 Å². The minimum Gasteiger partial charge on any atom is -0.489 e. The molecule has 2 heterocycles. The highest BCUT2D eigenvalue weighted by atomic mass is 79.9. The van der Waals surface area contributed by atoms with Gasteiger partial charge >= 0.3 is 5.97 Å². The number of amides is 1. The number of carbonyl (C=O) groups is 2. The van der Waals surface area contributed by atoms with E-state index in [2.05, 4.69) is 26.3 Å². The van der Waals surface area contributed by atoms with Gasteiger partial charge in [0.05, 0.1) is 18.8 Å². The summed E-state index contributed by atoms with van der Waals surface area (Å²) in [6.07, 6.45) is 2.38. The summed E-state index contributed by atoms with van der Waals surface area (Å²) in [6.45, 7) is 3.28. The van der Waals surface area contributed by atoms with Gasteiger partial charge in [-0.15, -0.1) is 0 Å². The first-order chi connectivity index (χ1) is 16.5. The number of aromatic nitrogens is 2. The maximum Gasteiger partial charge on any atom is 0.359 e. The number of carbonyl (C=O) groups excluding carboxylic acids is 2. The van der Waals surface area contributed by atoms with Gasteiger partial charge < -0.3 is 19.7 Å². The van der Waals surface area contributed by atoms with Gasteiger partial charge in [-0.05, 0) is 37.1 Å². The number of nitrogens with zero attached hydrogens (tertiary/aromatic N) is 3. The average Bonchev–Trinajstić information content (AvgIpc) is 3.19. The average molecular weight is 527 g/mol. The van der Waals surface area contributed by atoms with Crippen molar-refractivity contribution in [2.45, 2.75) is 25.9 Å². The fraction of sp³-hybridized carbons (Fsp3) is 0.320. The molecule has 0 fully saturated rings.